The minimum atomic E-state index is -5.08. The third-order valence-electron chi connectivity index (χ3n) is 6.81. The molecule has 0 aromatic carbocycles. The van der Waals surface area contributed by atoms with Crippen LogP contribution in [-0.4, -0.2) is 95.1 Å². The Hall–Kier alpha value is -2.94. The number of methoxy groups -OCH3 is 1. The summed E-state index contributed by atoms with van der Waals surface area (Å²) in [7, 11) is 1.72. The van der Waals surface area contributed by atoms with Gasteiger partial charge in [-0.05, 0) is 56.8 Å². The Labute approximate surface area is 220 Å². The number of hydrogen-bond donors (Lipinski definition) is 2. The molecule has 1 spiro atoms. The fourth-order valence-electron chi connectivity index (χ4n) is 4.62. The molecule has 2 saturated heterocycles. The van der Waals surface area contributed by atoms with E-state index >= 15 is 0 Å². The molecule has 1 unspecified atom stereocenters. The largest absolute Gasteiger partial charge is 0.490 e. The van der Waals surface area contributed by atoms with E-state index in [4.69, 9.17) is 24.5 Å². The zero-order valence-corrected chi connectivity index (χ0v) is 21.2. The van der Waals surface area contributed by atoms with Gasteiger partial charge in [0.2, 0.25) is 5.91 Å². The van der Waals surface area contributed by atoms with Crippen LogP contribution in [0.1, 0.15) is 31.4 Å². The smallest absolute Gasteiger partial charge is 0.475 e. The van der Waals surface area contributed by atoms with Gasteiger partial charge in [-0.3, -0.25) is 14.7 Å². The first kappa shape index (κ1) is 32.3. The van der Waals surface area contributed by atoms with Crippen LogP contribution in [0.5, 0.6) is 0 Å². The summed E-state index contributed by atoms with van der Waals surface area (Å²) in [5.74, 6) is -4.37. The van der Waals surface area contributed by atoms with Gasteiger partial charge in [0.15, 0.2) is 0 Å². The number of carboxylic acids is 2. The van der Waals surface area contributed by atoms with E-state index in [1.165, 1.54) is 12.8 Å². The van der Waals surface area contributed by atoms with E-state index in [0.29, 0.717) is 12.5 Å². The van der Waals surface area contributed by atoms with Gasteiger partial charge >= 0.3 is 24.3 Å². The van der Waals surface area contributed by atoms with E-state index in [9.17, 15) is 31.1 Å². The first-order chi connectivity index (χ1) is 18.1. The zero-order chi connectivity index (χ0) is 29.4. The Kier molecular flexibility index (Phi) is 11.1. The number of pyridine rings is 1. The second kappa shape index (κ2) is 13.4. The normalized spacial score (nSPS) is 21.1. The van der Waals surface area contributed by atoms with Crippen molar-refractivity contribution in [1.82, 2.24) is 14.8 Å². The molecular weight excluding hydrogens is 540 g/mol. The lowest BCUT2D eigenvalue weighted by atomic mass is 9.71. The fraction of sp³-hybridized carbons (Fsp3) is 0.667. The topological polar surface area (TPSA) is 120 Å². The van der Waals surface area contributed by atoms with Gasteiger partial charge in [0.05, 0.1) is 18.2 Å². The van der Waals surface area contributed by atoms with Gasteiger partial charge in [-0.1, -0.05) is 6.07 Å². The van der Waals surface area contributed by atoms with Crippen LogP contribution in [0.15, 0.2) is 24.4 Å². The number of ether oxygens (including phenoxy) is 1. The van der Waals surface area contributed by atoms with Gasteiger partial charge in [0.1, 0.15) is 0 Å². The summed E-state index contributed by atoms with van der Waals surface area (Å²) < 4.78 is 68.9. The number of piperidine rings is 1. The maximum Gasteiger partial charge on any atom is 0.490 e. The van der Waals surface area contributed by atoms with Crippen molar-refractivity contribution in [3.8, 4) is 0 Å². The van der Waals surface area contributed by atoms with Crippen LogP contribution in [0.4, 0.5) is 26.3 Å². The standard InChI is InChI=1S/C20H29N3O2.2C2HF3O2/c1-25-14-18-19(24)23(12-16-5-6-16)15-20(18)7-10-22(11-8-20)13-17-4-2-3-9-21-17;2*3-2(4,5)1(6)7/h2-4,9,16,18H,5-8,10-15H2,1H3;2*(H,6,7). The number of amides is 1. The van der Waals surface area contributed by atoms with Crippen LogP contribution in [0, 0.1) is 17.3 Å². The molecule has 1 atom stereocenters. The van der Waals surface area contributed by atoms with Crippen molar-refractivity contribution in [2.45, 2.75) is 44.6 Å². The summed E-state index contributed by atoms with van der Waals surface area (Å²) >= 11 is 0. The number of carbonyl (C=O) groups is 3. The van der Waals surface area contributed by atoms with Gasteiger partial charge < -0.3 is 19.8 Å². The first-order valence-corrected chi connectivity index (χ1v) is 12.1. The highest BCUT2D eigenvalue weighted by Crippen LogP contribution is 2.47. The quantitative estimate of drug-likeness (QED) is 0.499. The van der Waals surface area contributed by atoms with Gasteiger partial charge in [-0.2, -0.15) is 26.3 Å². The molecule has 3 heterocycles. The molecule has 1 aliphatic carbocycles. The summed E-state index contributed by atoms with van der Waals surface area (Å²) in [6, 6.07) is 6.10. The first-order valence-electron chi connectivity index (χ1n) is 12.1. The lowest BCUT2D eigenvalue weighted by molar-refractivity contribution is -0.193. The monoisotopic (exact) mass is 571 g/mol. The van der Waals surface area contributed by atoms with E-state index in [2.05, 4.69) is 20.9 Å². The maximum absolute atomic E-state index is 12.9. The minimum absolute atomic E-state index is 0.0493. The van der Waals surface area contributed by atoms with E-state index < -0.39 is 24.3 Å². The average molecular weight is 572 g/mol. The predicted molar refractivity (Wildman–Crippen MR) is 123 cm³/mol. The highest BCUT2D eigenvalue weighted by atomic mass is 19.4. The number of nitrogens with zero attached hydrogens (tertiary/aromatic N) is 3. The van der Waals surface area contributed by atoms with Gasteiger partial charge in [-0.25, -0.2) is 9.59 Å². The molecule has 0 radical (unpaired) electrons. The number of rotatable bonds is 6. The predicted octanol–water partition coefficient (Wildman–Crippen LogP) is 3.45. The molecule has 1 amide bonds. The van der Waals surface area contributed by atoms with Crippen molar-refractivity contribution in [3.05, 3.63) is 30.1 Å². The molecule has 220 valence electrons. The number of aliphatic carboxylic acids is 2. The summed E-state index contributed by atoms with van der Waals surface area (Å²) in [5, 5.41) is 14.2. The second-order valence-corrected chi connectivity index (χ2v) is 9.74. The Morgan fingerprint density at radius 1 is 1.05 bits per heavy atom. The van der Waals surface area contributed by atoms with Crippen LogP contribution in [0.2, 0.25) is 0 Å². The number of halogens is 6. The third-order valence-corrected chi connectivity index (χ3v) is 6.81. The fourth-order valence-corrected chi connectivity index (χ4v) is 4.62. The van der Waals surface area contributed by atoms with Crippen molar-refractivity contribution < 1.29 is 55.7 Å². The molecule has 1 aromatic heterocycles. The number of likely N-dealkylation sites (tertiary alicyclic amines) is 2. The summed E-state index contributed by atoms with van der Waals surface area (Å²) in [5.41, 5.74) is 1.24. The molecule has 39 heavy (non-hydrogen) atoms. The van der Waals surface area contributed by atoms with Gasteiger partial charge in [0, 0.05) is 38.4 Å². The number of aromatic nitrogens is 1. The van der Waals surface area contributed by atoms with Crippen LogP contribution in [-0.2, 0) is 25.7 Å². The summed E-state index contributed by atoms with van der Waals surface area (Å²) in [6.07, 6.45) is -3.55. The molecule has 1 saturated carbocycles. The minimum Gasteiger partial charge on any atom is -0.475 e. The van der Waals surface area contributed by atoms with E-state index in [1.807, 2.05) is 18.3 Å². The Bertz CT molecular complexity index is 939. The second-order valence-electron chi connectivity index (χ2n) is 9.74. The van der Waals surface area contributed by atoms with Gasteiger partial charge in [0.25, 0.3) is 0 Å². The number of carbonyl (C=O) groups excluding carboxylic acids is 1. The lowest BCUT2D eigenvalue weighted by Crippen LogP contribution is -2.45. The third kappa shape index (κ3) is 9.95. The van der Waals surface area contributed by atoms with Crippen molar-refractivity contribution in [1.29, 1.82) is 0 Å². The molecule has 3 fully saturated rings. The molecule has 2 aliphatic heterocycles. The average Bonchev–Trinajstić information content (AvgIpc) is 3.63. The molecule has 4 rings (SSSR count). The maximum atomic E-state index is 12.9. The molecule has 1 aromatic rings. The van der Waals surface area contributed by atoms with Gasteiger partial charge in [-0.15, -0.1) is 0 Å². The van der Waals surface area contributed by atoms with Crippen LogP contribution >= 0.6 is 0 Å². The summed E-state index contributed by atoms with van der Waals surface area (Å²) in [4.78, 5) is 39.8. The van der Waals surface area contributed by atoms with E-state index in [1.54, 1.807) is 7.11 Å². The number of alkyl halides is 6. The number of hydrogen-bond acceptors (Lipinski definition) is 6. The Morgan fingerprint density at radius 2 is 1.59 bits per heavy atom. The molecule has 9 nitrogen and oxygen atoms in total. The Morgan fingerprint density at radius 3 is 2.00 bits per heavy atom. The molecule has 15 heteroatoms. The SMILES string of the molecule is COCC1C(=O)N(CC2CC2)CC12CCN(Cc1ccccn1)CC2.O=C(O)C(F)(F)F.O=C(O)C(F)(F)F. The van der Waals surface area contributed by atoms with Crippen molar-refractivity contribution in [2.75, 3.05) is 39.9 Å². The zero-order valence-electron chi connectivity index (χ0n) is 21.2. The number of carboxylic acid groups (broad SMARTS) is 2. The molecule has 0 bridgehead atoms. The molecule has 3 aliphatic rings. The molecular formula is C24H31F6N3O6. The van der Waals surface area contributed by atoms with Crippen LogP contribution in [0.25, 0.3) is 0 Å². The molecule has 2 N–H and O–H groups in total. The lowest BCUT2D eigenvalue weighted by Gasteiger charge is -2.41. The Balaban J connectivity index is 0.000000317. The van der Waals surface area contributed by atoms with Crippen molar-refractivity contribution in [2.24, 2.45) is 17.3 Å². The van der Waals surface area contributed by atoms with E-state index in [0.717, 1.165) is 57.2 Å². The highest BCUT2D eigenvalue weighted by Gasteiger charge is 2.53. The highest BCUT2D eigenvalue weighted by molar-refractivity contribution is 5.82. The van der Waals surface area contributed by atoms with Crippen molar-refractivity contribution >= 4 is 17.8 Å². The van der Waals surface area contributed by atoms with Crippen molar-refractivity contribution in [3.63, 3.8) is 0 Å². The van der Waals surface area contributed by atoms with Crippen LogP contribution < -0.4 is 0 Å². The van der Waals surface area contributed by atoms with E-state index in [-0.39, 0.29) is 11.3 Å². The summed E-state index contributed by atoms with van der Waals surface area (Å²) in [6.45, 7) is 5.47. The van der Waals surface area contributed by atoms with Crippen LogP contribution in [0.3, 0.4) is 0 Å².